The van der Waals surface area contributed by atoms with Gasteiger partial charge in [-0.25, -0.2) is 0 Å². The van der Waals surface area contributed by atoms with Crippen LogP contribution in [0.4, 0.5) is 0 Å². The van der Waals surface area contributed by atoms with Gasteiger partial charge >= 0.3 is 0 Å². The minimum absolute atomic E-state index is 0.127. The molecule has 3 unspecified atom stereocenters. The van der Waals surface area contributed by atoms with Crippen molar-refractivity contribution < 1.29 is 0 Å². The summed E-state index contributed by atoms with van der Waals surface area (Å²) in [5.41, 5.74) is 7.84. The van der Waals surface area contributed by atoms with Crippen LogP contribution in [0.1, 0.15) is 65.5 Å². The first-order valence-electron chi connectivity index (χ1n) is 11.0. The van der Waals surface area contributed by atoms with Gasteiger partial charge in [0.1, 0.15) is 0 Å². The van der Waals surface area contributed by atoms with Gasteiger partial charge in [-0.1, -0.05) is 102 Å². The summed E-state index contributed by atoms with van der Waals surface area (Å²) in [7, 11) is -0.535. The van der Waals surface area contributed by atoms with Crippen LogP contribution in [0.15, 0.2) is 64.4 Å². The number of rotatable bonds is 5. The highest BCUT2D eigenvalue weighted by Gasteiger charge is 2.54. The van der Waals surface area contributed by atoms with Gasteiger partial charge in [0.25, 0.3) is 0 Å². The summed E-state index contributed by atoms with van der Waals surface area (Å²) in [5.74, 6) is 0.649. The molecule has 0 heterocycles. The Morgan fingerprint density at radius 2 is 1.61 bits per heavy atom. The summed E-state index contributed by atoms with van der Waals surface area (Å²) in [6, 6.07) is 7.18. The first-order valence-corrected chi connectivity index (χ1v) is 12.4. The number of allylic oxidation sites excluding steroid dienone is 8. The van der Waals surface area contributed by atoms with Gasteiger partial charge in [-0.2, -0.15) is 0 Å². The number of benzene rings is 1. The van der Waals surface area contributed by atoms with Gasteiger partial charge in [0.05, 0.1) is 9.52 Å². The van der Waals surface area contributed by atoms with E-state index in [1.54, 1.807) is 27.1 Å². The molecule has 0 fully saturated rings. The molecule has 0 bridgehead atoms. The number of hydrogen-bond acceptors (Lipinski definition) is 0. The average molecular weight is 391 g/mol. The van der Waals surface area contributed by atoms with E-state index in [-0.39, 0.29) is 10.8 Å². The Morgan fingerprint density at radius 3 is 2.14 bits per heavy atom. The first-order chi connectivity index (χ1) is 13.2. The van der Waals surface area contributed by atoms with Crippen molar-refractivity contribution >= 4 is 14.7 Å². The molecule has 2 aliphatic carbocycles. The van der Waals surface area contributed by atoms with Crippen molar-refractivity contribution in [2.45, 2.75) is 68.2 Å². The molecule has 3 rings (SSSR count). The second-order valence-corrected chi connectivity index (χ2v) is 11.4. The van der Waals surface area contributed by atoms with Crippen LogP contribution >= 0.6 is 0 Å². The second kappa shape index (κ2) is 7.67. The molecule has 3 atom stereocenters. The molecule has 1 aromatic carbocycles. The molecule has 0 saturated heterocycles. The van der Waals surface area contributed by atoms with Crippen molar-refractivity contribution in [3.8, 4) is 0 Å². The molecule has 28 heavy (non-hydrogen) atoms. The molecule has 150 valence electrons. The number of aryl methyl sites for hydroxylation is 2. The van der Waals surface area contributed by atoms with E-state index in [1.807, 2.05) is 0 Å². The summed E-state index contributed by atoms with van der Waals surface area (Å²) in [5, 5.41) is 3.36. The Morgan fingerprint density at radius 1 is 0.964 bits per heavy atom. The first kappa shape index (κ1) is 21.1. The predicted octanol–water partition coefficient (Wildman–Crippen LogP) is 6.28. The van der Waals surface area contributed by atoms with Crippen molar-refractivity contribution in [2.75, 3.05) is 0 Å². The molecule has 2 aliphatic rings. The molecular weight excluding hydrogens is 352 g/mol. The minimum Gasteiger partial charge on any atom is -0.0836 e. The third kappa shape index (κ3) is 3.12. The van der Waals surface area contributed by atoms with Gasteiger partial charge in [0.2, 0.25) is 0 Å². The topological polar surface area (TPSA) is 0 Å². The molecule has 0 nitrogen and oxygen atoms in total. The van der Waals surface area contributed by atoms with E-state index < -0.39 is 9.52 Å². The van der Waals surface area contributed by atoms with Gasteiger partial charge in [0.15, 0.2) is 0 Å². The lowest BCUT2D eigenvalue weighted by Gasteiger charge is -2.52. The zero-order chi connectivity index (χ0) is 20.7. The maximum atomic E-state index is 2.57. The summed E-state index contributed by atoms with van der Waals surface area (Å²) in [4.78, 5) is 0. The third-order valence-electron chi connectivity index (χ3n) is 8.11. The molecule has 0 amide bonds. The van der Waals surface area contributed by atoms with E-state index in [0.29, 0.717) is 5.92 Å². The van der Waals surface area contributed by atoms with Crippen molar-refractivity contribution in [2.24, 2.45) is 16.7 Å². The molecule has 0 radical (unpaired) electrons. The lowest BCUT2D eigenvalue weighted by atomic mass is 9.53. The van der Waals surface area contributed by atoms with Gasteiger partial charge in [0, 0.05) is 10.8 Å². The quantitative estimate of drug-likeness (QED) is 0.519. The van der Waals surface area contributed by atoms with E-state index in [0.717, 1.165) is 6.42 Å². The van der Waals surface area contributed by atoms with Crippen LogP contribution < -0.4 is 5.19 Å². The maximum absolute atomic E-state index is 2.57. The molecule has 0 aromatic heterocycles. The largest absolute Gasteiger partial charge is 0.0839 e. The highest BCUT2D eigenvalue weighted by Crippen LogP contribution is 2.62. The van der Waals surface area contributed by atoms with Crippen LogP contribution in [-0.4, -0.2) is 9.52 Å². The Bertz CT molecular complexity index is 875. The average Bonchev–Trinajstić information content (AvgIpc) is 2.83. The van der Waals surface area contributed by atoms with Crippen LogP contribution in [0.5, 0.6) is 0 Å². The monoisotopic (exact) mass is 390 g/mol. The SMILES string of the molecule is CCC(C)C1(C2(C)C(C)=C(C)C(C)=C2[SiH2]c2cc(C)cc(C)c2)C=CC=CC1. The minimum atomic E-state index is -0.535. The van der Waals surface area contributed by atoms with E-state index in [1.165, 1.54) is 17.5 Å². The molecule has 0 spiro atoms. The van der Waals surface area contributed by atoms with Crippen molar-refractivity contribution in [3.63, 3.8) is 0 Å². The smallest absolute Gasteiger partial charge is 0.0836 e. The van der Waals surface area contributed by atoms with E-state index in [2.05, 4.69) is 97.9 Å². The summed E-state index contributed by atoms with van der Waals surface area (Å²) in [6.45, 7) is 19.1. The van der Waals surface area contributed by atoms with Crippen molar-refractivity contribution in [3.05, 3.63) is 75.5 Å². The van der Waals surface area contributed by atoms with Crippen molar-refractivity contribution in [1.82, 2.24) is 0 Å². The van der Waals surface area contributed by atoms with Crippen LogP contribution in [0, 0.1) is 30.6 Å². The Kier molecular flexibility index (Phi) is 5.78. The van der Waals surface area contributed by atoms with Crippen LogP contribution in [0.25, 0.3) is 0 Å². The lowest BCUT2D eigenvalue weighted by Crippen LogP contribution is -2.47. The lowest BCUT2D eigenvalue weighted by molar-refractivity contribution is 0.113. The highest BCUT2D eigenvalue weighted by molar-refractivity contribution is 6.62. The summed E-state index contributed by atoms with van der Waals surface area (Å²) in [6.07, 6.45) is 11.9. The normalized spacial score (nSPS) is 28.9. The third-order valence-corrected chi connectivity index (χ3v) is 10.5. The Labute approximate surface area is 175 Å². The standard InChI is InChI=1S/C27H38Si/c1-9-20(4)27(13-11-10-12-14-27)26(8)23(7)21(5)22(6)25(26)28-24-16-18(2)15-19(3)17-24/h10-13,15-17,20H,9,14,28H2,1-8H3. The molecule has 0 saturated carbocycles. The van der Waals surface area contributed by atoms with E-state index in [9.17, 15) is 0 Å². The van der Waals surface area contributed by atoms with Gasteiger partial charge in [-0.15, -0.1) is 0 Å². The summed E-state index contributed by atoms with van der Waals surface area (Å²) < 4.78 is 0. The van der Waals surface area contributed by atoms with E-state index in [4.69, 9.17) is 0 Å². The van der Waals surface area contributed by atoms with Crippen LogP contribution in [0.3, 0.4) is 0 Å². The Balaban J connectivity index is 2.18. The summed E-state index contributed by atoms with van der Waals surface area (Å²) >= 11 is 0. The zero-order valence-corrected chi connectivity index (χ0v) is 20.7. The second-order valence-electron chi connectivity index (χ2n) is 9.49. The Hall–Kier alpha value is -1.60. The fraction of sp³-hybridized carbons (Fsp3) is 0.481. The maximum Gasteiger partial charge on any atom is 0.0839 e. The van der Waals surface area contributed by atoms with Crippen LogP contribution in [0.2, 0.25) is 0 Å². The van der Waals surface area contributed by atoms with Gasteiger partial charge in [-0.3, -0.25) is 0 Å². The predicted molar refractivity (Wildman–Crippen MR) is 128 cm³/mol. The van der Waals surface area contributed by atoms with Crippen molar-refractivity contribution in [1.29, 1.82) is 0 Å². The van der Waals surface area contributed by atoms with Gasteiger partial charge in [-0.05, 0) is 52.5 Å². The zero-order valence-electron chi connectivity index (χ0n) is 19.2. The highest BCUT2D eigenvalue weighted by atomic mass is 28.2. The van der Waals surface area contributed by atoms with Crippen LogP contribution in [-0.2, 0) is 0 Å². The number of hydrogen-bond donors (Lipinski definition) is 0. The van der Waals surface area contributed by atoms with Gasteiger partial charge < -0.3 is 0 Å². The molecule has 1 aromatic rings. The molecule has 1 heteroatoms. The molecular formula is C27H38Si. The fourth-order valence-electron chi connectivity index (χ4n) is 6.03. The van der Waals surface area contributed by atoms with E-state index >= 15 is 0 Å². The molecule has 0 aliphatic heterocycles. The molecule has 0 N–H and O–H groups in total. The fourth-order valence-corrected chi connectivity index (χ4v) is 8.76.